The fraction of sp³-hybridized carbons (Fsp3) is 0.647. The fourth-order valence-corrected chi connectivity index (χ4v) is 2.97. The van der Waals surface area contributed by atoms with E-state index in [9.17, 15) is 0 Å². The highest BCUT2D eigenvalue weighted by atomic mass is 16.5. The molecule has 0 aromatic heterocycles. The highest BCUT2D eigenvalue weighted by molar-refractivity contribution is 5.61. The van der Waals surface area contributed by atoms with Crippen LogP contribution in [0.15, 0.2) is 18.2 Å². The molecule has 2 rings (SSSR count). The zero-order valence-corrected chi connectivity index (χ0v) is 13.7. The fourth-order valence-electron chi connectivity index (χ4n) is 2.97. The van der Waals surface area contributed by atoms with Crippen molar-refractivity contribution in [3.8, 4) is 5.75 Å². The second-order valence-corrected chi connectivity index (χ2v) is 6.88. The first-order chi connectivity index (χ1) is 9.34. The van der Waals surface area contributed by atoms with E-state index in [4.69, 9.17) is 4.74 Å². The van der Waals surface area contributed by atoms with Gasteiger partial charge in [0.2, 0.25) is 0 Å². The van der Waals surface area contributed by atoms with Crippen LogP contribution >= 0.6 is 0 Å². The summed E-state index contributed by atoms with van der Waals surface area (Å²) in [4.78, 5) is 2.52. The highest BCUT2D eigenvalue weighted by Crippen LogP contribution is 2.34. The lowest BCUT2D eigenvalue weighted by Crippen LogP contribution is -2.63. The lowest BCUT2D eigenvalue weighted by atomic mass is 9.92. The van der Waals surface area contributed by atoms with Crippen molar-refractivity contribution in [2.24, 2.45) is 5.92 Å². The van der Waals surface area contributed by atoms with E-state index >= 15 is 0 Å². The van der Waals surface area contributed by atoms with Crippen LogP contribution in [0, 0.1) is 12.8 Å². The Bertz CT molecular complexity index is 468. The Morgan fingerprint density at radius 3 is 2.65 bits per heavy atom. The number of ether oxygens (including phenoxy) is 1. The maximum Gasteiger partial charge on any atom is 0.142 e. The van der Waals surface area contributed by atoms with Gasteiger partial charge in [-0.15, -0.1) is 0 Å². The van der Waals surface area contributed by atoms with Crippen LogP contribution in [0.2, 0.25) is 0 Å². The average molecular weight is 276 g/mol. The second-order valence-electron chi connectivity index (χ2n) is 6.88. The molecule has 1 atom stereocenters. The van der Waals surface area contributed by atoms with Gasteiger partial charge in [0.15, 0.2) is 0 Å². The predicted molar refractivity (Wildman–Crippen MR) is 85.8 cm³/mol. The molecule has 1 aliphatic heterocycles. The smallest absolute Gasteiger partial charge is 0.142 e. The molecule has 1 saturated heterocycles. The Labute approximate surface area is 123 Å². The second kappa shape index (κ2) is 5.65. The molecule has 1 aliphatic rings. The molecule has 112 valence electrons. The molecule has 1 N–H and O–H groups in total. The van der Waals surface area contributed by atoms with Crippen LogP contribution in [0.3, 0.4) is 0 Å². The summed E-state index contributed by atoms with van der Waals surface area (Å²) in [6.07, 6.45) is 0. The van der Waals surface area contributed by atoms with E-state index in [1.165, 1.54) is 11.3 Å². The molecule has 20 heavy (non-hydrogen) atoms. The van der Waals surface area contributed by atoms with Gasteiger partial charge in [-0.1, -0.05) is 19.9 Å². The summed E-state index contributed by atoms with van der Waals surface area (Å²) in [5.74, 6) is 1.57. The average Bonchev–Trinajstić information content (AvgIpc) is 2.37. The first-order valence-corrected chi connectivity index (χ1v) is 7.50. The van der Waals surface area contributed by atoms with E-state index in [0.717, 1.165) is 18.8 Å². The minimum Gasteiger partial charge on any atom is -0.495 e. The van der Waals surface area contributed by atoms with Gasteiger partial charge in [-0.05, 0) is 44.4 Å². The molecule has 1 aromatic rings. The summed E-state index contributed by atoms with van der Waals surface area (Å²) < 4.78 is 5.59. The normalized spacial score (nSPS) is 22.1. The van der Waals surface area contributed by atoms with Gasteiger partial charge < -0.3 is 15.0 Å². The van der Waals surface area contributed by atoms with Crippen molar-refractivity contribution in [1.29, 1.82) is 0 Å². The number of nitrogens with one attached hydrogen (secondary N) is 1. The third-order valence-electron chi connectivity index (χ3n) is 4.17. The molecule has 1 aromatic carbocycles. The first-order valence-electron chi connectivity index (χ1n) is 7.50. The van der Waals surface area contributed by atoms with Crippen molar-refractivity contribution in [2.45, 2.75) is 46.2 Å². The van der Waals surface area contributed by atoms with Crippen molar-refractivity contribution in [3.05, 3.63) is 23.8 Å². The number of piperazine rings is 1. The third kappa shape index (κ3) is 3.09. The third-order valence-corrected chi connectivity index (χ3v) is 4.17. The zero-order chi connectivity index (χ0) is 14.9. The molecule has 0 bridgehead atoms. The van der Waals surface area contributed by atoms with Crippen molar-refractivity contribution in [1.82, 2.24) is 5.32 Å². The molecular formula is C17H28N2O. The van der Waals surface area contributed by atoms with Crippen molar-refractivity contribution in [2.75, 3.05) is 25.1 Å². The number of nitrogens with zero attached hydrogens (tertiary/aromatic N) is 1. The van der Waals surface area contributed by atoms with Gasteiger partial charge >= 0.3 is 0 Å². The van der Waals surface area contributed by atoms with Crippen LogP contribution in [0.4, 0.5) is 5.69 Å². The van der Waals surface area contributed by atoms with Crippen LogP contribution in [0.5, 0.6) is 5.75 Å². The molecule has 0 saturated carbocycles. The van der Waals surface area contributed by atoms with E-state index in [0.29, 0.717) is 12.0 Å². The summed E-state index contributed by atoms with van der Waals surface area (Å²) >= 11 is 0. The first kappa shape index (κ1) is 15.2. The van der Waals surface area contributed by atoms with Gasteiger partial charge in [-0.3, -0.25) is 0 Å². The molecule has 0 aliphatic carbocycles. The minimum absolute atomic E-state index is 0.125. The zero-order valence-electron chi connectivity index (χ0n) is 13.7. The van der Waals surface area contributed by atoms with Crippen molar-refractivity contribution < 1.29 is 4.74 Å². The SMILES string of the molecule is COc1ccc(C)cc1N1CC(C)(C)NCC1C(C)C. The summed E-state index contributed by atoms with van der Waals surface area (Å²) in [6, 6.07) is 6.94. The molecule has 3 heteroatoms. The quantitative estimate of drug-likeness (QED) is 0.917. The summed E-state index contributed by atoms with van der Waals surface area (Å²) in [5.41, 5.74) is 2.63. The predicted octanol–water partition coefficient (Wildman–Crippen LogP) is 3.22. The molecular weight excluding hydrogens is 248 g/mol. The highest BCUT2D eigenvalue weighted by Gasteiger charge is 2.35. The van der Waals surface area contributed by atoms with Crippen LogP contribution in [0.1, 0.15) is 33.3 Å². The lowest BCUT2D eigenvalue weighted by molar-refractivity contribution is 0.275. The molecule has 0 spiro atoms. The topological polar surface area (TPSA) is 24.5 Å². The molecule has 1 fully saturated rings. The van der Waals surface area contributed by atoms with Gasteiger partial charge in [-0.25, -0.2) is 0 Å². The Balaban J connectivity index is 2.42. The van der Waals surface area contributed by atoms with E-state index in [-0.39, 0.29) is 5.54 Å². The lowest BCUT2D eigenvalue weighted by Gasteiger charge is -2.47. The van der Waals surface area contributed by atoms with Gasteiger partial charge in [0.1, 0.15) is 5.75 Å². The van der Waals surface area contributed by atoms with Gasteiger partial charge in [0, 0.05) is 24.7 Å². The number of hydrogen-bond donors (Lipinski definition) is 1. The molecule has 0 radical (unpaired) electrons. The standard InChI is InChI=1S/C17H28N2O/c1-12(2)15-10-18-17(4,5)11-19(15)14-9-13(3)7-8-16(14)20-6/h7-9,12,15,18H,10-11H2,1-6H3. The number of methoxy groups -OCH3 is 1. The molecule has 1 unspecified atom stereocenters. The van der Waals surface area contributed by atoms with Gasteiger partial charge in [-0.2, -0.15) is 0 Å². The Hall–Kier alpha value is -1.22. The molecule has 3 nitrogen and oxygen atoms in total. The monoisotopic (exact) mass is 276 g/mol. The van der Waals surface area contributed by atoms with Crippen molar-refractivity contribution in [3.63, 3.8) is 0 Å². The number of anilines is 1. The Kier molecular flexibility index (Phi) is 4.28. The van der Waals surface area contributed by atoms with Crippen LogP contribution < -0.4 is 15.0 Å². The van der Waals surface area contributed by atoms with E-state index in [2.05, 4.69) is 63.0 Å². The van der Waals surface area contributed by atoms with Crippen LogP contribution in [-0.2, 0) is 0 Å². The van der Waals surface area contributed by atoms with E-state index < -0.39 is 0 Å². The van der Waals surface area contributed by atoms with Gasteiger partial charge in [0.25, 0.3) is 0 Å². The Morgan fingerprint density at radius 1 is 1.35 bits per heavy atom. The van der Waals surface area contributed by atoms with Crippen LogP contribution in [0.25, 0.3) is 0 Å². The summed E-state index contributed by atoms with van der Waals surface area (Å²) in [7, 11) is 1.76. The maximum atomic E-state index is 5.59. The van der Waals surface area contributed by atoms with Crippen molar-refractivity contribution >= 4 is 5.69 Å². The molecule has 1 heterocycles. The minimum atomic E-state index is 0.125. The number of hydrogen-bond acceptors (Lipinski definition) is 3. The number of benzene rings is 1. The summed E-state index contributed by atoms with van der Waals surface area (Å²) in [6.45, 7) is 13.3. The van der Waals surface area contributed by atoms with E-state index in [1.807, 2.05) is 0 Å². The van der Waals surface area contributed by atoms with Gasteiger partial charge in [0.05, 0.1) is 12.8 Å². The molecule has 0 amide bonds. The Morgan fingerprint density at radius 2 is 2.05 bits per heavy atom. The summed E-state index contributed by atoms with van der Waals surface area (Å²) in [5, 5.41) is 3.66. The number of aryl methyl sites for hydroxylation is 1. The van der Waals surface area contributed by atoms with Crippen LogP contribution in [-0.4, -0.2) is 31.8 Å². The maximum absolute atomic E-state index is 5.59. The van der Waals surface area contributed by atoms with E-state index in [1.54, 1.807) is 7.11 Å². The number of rotatable bonds is 3. The largest absolute Gasteiger partial charge is 0.495 e.